The SMILES string of the molecule is COc1ccccc1NC(=O)/C(C#N)=C/c1ccc(F)c(F)c1. The first-order chi connectivity index (χ1) is 11.0. The van der Waals surface area contributed by atoms with Gasteiger partial charge in [0.15, 0.2) is 11.6 Å². The molecule has 1 amide bonds. The van der Waals surface area contributed by atoms with Gasteiger partial charge in [-0.1, -0.05) is 18.2 Å². The van der Waals surface area contributed by atoms with E-state index in [1.807, 2.05) is 0 Å². The molecule has 0 saturated heterocycles. The van der Waals surface area contributed by atoms with E-state index in [0.29, 0.717) is 11.4 Å². The minimum Gasteiger partial charge on any atom is -0.495 e. The molecule has 6 heteroatoms. The van der Waals surface area contributed by atoms with Crippen LogP contribution in [0.3, 0.4) is 0 Å². The molecule has 1 N–H and O–H groups in total. The van der Waals surface area contributed by atoms with Crippen molar-refractivity contribution in [2.75, 3.05) is 12.4 Å². The van der Waals surface area contributed by atoms with E-state index in [1.54, 1.807) is 30.3 Å². The molecule has 4 nitrogen and oxygen atoms in total. The Morgan fingerprint density at radius 3 is 2.61 bits per heavy atom. The second kappa shape index (κ2) is 7.18. The van der Waals surface area contributed by atoms with Crippen molar-refractivity contribution in [3.8, 4) is 11.8 Å². The average Bonchev–Trinajstić information content (AvgIpc) is 2.56. The van der Waals surface area contributed by atoms with Gasteiger partial charge in [0.25, 0.3) is 5.91 Å². The number of methoxy groups -OCH3 is 1. The summed E-state index contributed by atoms with van der Waals surface area (Å²) >= 11 is 0. The van der Waals surface area contributed by atoms with Gasteiger partial charge in [0.1, 0.15) is 17.4 Å². The van der Waals surface area contributed by atoms with Crippen LogP contribution in [0, 0.1) is 23.0 Å². The van der Waals surface area contributed by atoms with Gasteiger partial charge >= 0.3 is 0 Å². The molecule has 0 saturated carbocycles. The second-order valence-corrected chi connectivity index (χ2v) is 4.50. The maximum absolute atomic E-state index is 13.2. The lowest BCUT2D eigenvalue weighted by atomic mass is 10.1. The molecule has 0 heterocycles. The Labute approximate surface area is 131 Å². The molecule has 2 aromatic carbocycles. The number of ether oxygens (including phenoxy) is 1. The molecule has 0 spiro atoms. The van der Waals surface area contributed by atoms with Gasteiger partial charge in [-0.05, 0) is 35.9 Å². The van der Waals surface area contributed by atoms with Crippen molar-refractivity contribution < 1.29 is 18.3 Å². The van der Waals surface area contributed by atoms with Crippen molar-refractivity contribution in [3.05, 3.63) is 65.2 Å². The third-order valence-electron chi connectivity index (χ3n) is 2.97. The van der Waals surface area contributed by atoms with E-state index in [4.69, 9.17) is 10.00 Å². The topological polar surface area (TPSA) is 62.1 Å². The molecule has 0 aliphatic rings. The monoisotopic (exact) mass is 314 g/mol. The van der Waals surface area contributed by atoms with E-state index in [9.17, 15) is 13.6 Å². The van der Waals surface area contributed by atoms with Gasteiger partial charge in [-0.3, -0.25) is 4.79 Å². The third kappa shape index (κ3) is 3.92. The van der Waals surface area contributed by atoms with Gasteiger partial charge in [0, 0.05) is 0 Å². The number of hydrogen-bond donors (Lipinski definition) is 1. The molecule has 0 fully saturated rings. The smallest absolute Gasteiger partial charge is 0.266 e. The van der Waals surface area contributed by atoms with Crippen molar-refractivity contribution in [1.29, 1.82) is 5.26 Å². The third-order valence-corrected chi connectivity index (χ3v) is 2.97. The zero-order chi connectivity index (χ0) is 16.8. The van der Waals surface area contributed by atoms with Gasteiger partial charge in [0.05, 0.1) is 12.8 Å². The molecule has 0 aliphatic carbocycles. The lowest BCUT2D eigenvalue weighted by molar-refractivity contribution is -0.112. The highest BCUT2D eigenvalue weighted by atomic mass is 19.2. The Morgan fingerprint density at radius 2 is 1.96 bits per heavy atom. The number of carbonyl (C=O) groups is 1. The number of carbonyl (C=O) groups excluding carboxylic acids is 1. The number of anilines is 1. The zero-order valence-electron chi connectivity index (χ0n) is 12.1. The van der Waals surface area contributed by atoms with E-state index in [0.717, 1.165) is 12.1 Å². The highest BCUT2D eigenvalue weighted by Crippen LogP contribution is 2.23. The first-order valence-corrected chi connectivity index (χ1v) is 6.56. The number of amides is 1. The van der Waals surface area contributed by atoms with E-state index in [2.05, 4.69) is 5.32 Å². The van der Waals surface area contributed by atoms with Gasteiger partial charge < -0.3 is 10.1 Å². The molecule has 23 heavy (non-hydrogen) atoms. The summed E-state index contributed by atoms with van der Waals surface area (Å²) in [6.45, 7) is 0. The fourth-order valence-corrected chi connectivity index (χ4v) is 1.85. The standard InChI is InChI=1S/C17H12F2N2O2/c1-23-16-5-3-2-4-15(16)21-17(22)12(10-20)8-11-6-7-13(18)14(19)9-11/h2-9H,1H3,(H,21,22)/b12-8+. The summed E-state index contributed by atoms with van der Waals surface area (Å²) in [6.07, 6.45) is 1.17. The first kappa shape index (κ1) is 16.2. The predicted octanol–water partition coefficient (Wildman–Crippen LogP) is 3.52. The van der Waals surface area contributed by atoms with Crippen molar-refractivity contribution in [2.45, 2.75) is 0 Å². The maximum atomic E-state index is 13.2. The molecule has 0 radical (unpaired) electrons. The van der Waals surface area contributed by atoms with Gasteiger partial charge in [-0.25, -0.2) is 8.78 Å². The highest BCUT2D eigenvalue weighted by molar-refractivity contribution is 6.10. The number of rotatable bonds is 4. The molecule has 2 aromatic rings. The Kier molecular flexibility index (Phi) is 5.05. The number of nitriles is 1. The van der Waals surface area contributed by atoms with Crippen LogP contribution in [-0.4, -0.2) is 13.0 Å². The van der Waals surface area contributed by atoms with Crippen molar-refractivity contribution >= 4 is 17.7 Å². The van der Waals surface area contributed by atoms with E-state index < -0.39 is 17.5 Å². The summed E-state index contributed by atoms with van der Waals surface area (Å²) in [6, 6.07) is 11.5. The minimum atomic E-state index is -1.05. The summed E-state index contributed by atoms with van der Waals surface area (Å²) in [5, 5.41) is 11.6. The second-order valence-electron chi connectivity index (χ2n) is 4.50. The molecular weight excluding hydrogens is 302 g/mol. The molecule has 0 unspecified atom stereocenters. The zero-order valence-corrected chi connectivity index (χ0v) is 12.1. The van der Waals surface area contributed by atoms with Crippen LogP contribution < -0.4 is 10.1 Å². The Morgan fingerprint density at radius 1 is 1.22 bits per heavy atom. The summed E-state index contributed by atoms with van der Waals surface area (Å²) < 4.78 is 31.2. The number of para-hydroxylation sites is 2. The Hall–Kier alpha value is -3.20. The van der Waals surface area contributed by atoms with Crippen molar-refractivity contribution in [1.82, 2.24) is 0 Å². The van der Waals surface area contributed by atoms with Crippen molar-refractivity contribution in [2.24, 2.45) is 0 Å². The summed E-state index contributed by atoms with van der Waals surface area (Å²) in [5.74, 6) is -2.30. The summed E-state index contributed by atoms with van der Waals surface area (Å²) in [4.78, 5) is 12.1. The number of hydrogen-bond acceptors (Lipinski definition) is 3. The largest absolute Gasteiger partial charge is 0.495 e. The average molecular weight is 314 g/mol. The van der Waals surface area contributed by atoms with Gasteiger partial charge in [-0.15, -0.1) is 0 Å². The normalized spacial score (nSPS) is 10.8. The van der Waals surface area contributed by atoms with E-state index in [-0.39, 0.29) is 11.1 Å². The van der Waals surface area contributed by atoms with Crippen LogP contribution in [0.5, 0.6) is 5.75 Å². The quantitative estimate of drug-likeness (QED) is 0.694. The van der Waals surface area contributed by atoms with Crippen LogP contribution in [0.2, 0.25) is 0 Å². The number of nitrogens with one attached hydrogen (secondary N) is 1. The first-order valence-electron chi connectivity index (χ1n) is 6.56. The highest BCUT2D eigenvalue weighted by Gasteiger charge is 2.12. The fourth-order valence-electron chi connectivity index (χ4n) is 1.85. The summed E-state index contributed by atoms with van der Waals surface area (Å²) in [5.41, 5.74) is 0.351. The van der Waals surface area contributed by atoms with Crippen LogP contribution in [0.1, 0.15) is 5.56 Å². The molecule has 2 rings (SSSR count). The van der Waals surface area contributed by atoms with Crippen LogP contribution in [0.4, 0.5) is 14.5 Å². The molecular formula is C17H12F2N2O2. The van der Waals surface area contributed by atoms with Crippen LogP contribution >= 0.6 is 0 Å². The molecule has 0 aliphatic heterocycles. The fraction of sp³-hybridized carbons (Fsp3) is 0.0588. The molecule has 0 bridgehead atoms. The Bertz CT molecular complexity index is 810. The summed E-state index contributed by atoms with van der Waals surface area (Å²) in [7, 11) is 1.45. The predicted molar refractivity (Wildman–Crippen MR) is 81.6 cm³/mol. The molecule has 0 aromatic heterocycles. The lowest BCUT2D eigenvalue weighted by Crippen LogP contribution is -2.14. The maximum Gasteiger partial charge on any atom is 0.266 e. The lowest BCUT2D eigenvalue weighted by Gasteiger charge is -2.09. The molecule has 0 atom stereocenters. The minimum absolute atomic E-state index is 0.204. The van der Waals surface area contributed by atoms with E-state index >= 15 is 0 Å². The van der Waals surface area contributed by atoms with Crippen LogP contribution in [0.15, 0.2) is 48.0 Å². The van der Waals surface area contributed by atoms with E-state index in [1.165, 1.54) is 19.3 Å². The molecule has 116 valence electrons. The number of nitrogens with zero attached hydrogens (tertiary/aromatic N) is 1. The van der Waals surface area contributed by atoms with Crippen molar-refractivity contribution in [3.63, 3.8) is 0 Å². The van der Waals surface area contributed by atoms with Crippen LogP contribution in [0.25, 0.3) is 6.08 Å². The van der Waals surface area contributed by atoms with Gasteiger partial charge in [0.2, 0.25) is 0 Å². The number of benzene rings is 2. The van der Waals surface area contributed by atoms with Gasteiger partial charge in [-0.2, -0.15) is 5.26 Å². The Balaban J connectivity index is 2.26. The number of halogens is 2. The van der Waals surface area contributed by atoms with Crippen LogP contribution in [-0.2, 0) is 4.79 Å².